The van der Waals surface area contributed by atoms with Gasteiger partial charge in [0.15, 0.2) is 11.5 Å². The second kappa shape index (κ2) is 12.3. The SMILES string of the molecule is C/C(=C\c1cc(OC(F)F)c(N2CCCS2)cc1C)C(=O)c1cnn(-c2cnc(Cc3ccccc3F)cc2C)c1N. The molecular formula is C31H30F3N5O2S. The van der Waals surface area contributed by atoms with Crippen LogP contribution in [-0.4, -0.2) is 39.5 Å². The first-order valence-corrected chi connectivity index (χ1v) is 14.3. The Morgan fingerprint density at radius 1 is 1.14 bits per heavy atom. The lowest BCUT2D eigenvalue weighted by atomic mass is 10.0. The predicted octanol–water partition coefficient (Wildman–Crippen LogP) is 6.94. The highest BCUT2D eigenvalue weighted by molar-refractivity contribution is 8.00. The highest BCUT2D eigenvalue weighted by atomic mass is 32.2. The van der Waals surface area contributed by atoms with E-state index in [9.17, 15) is 18.0 Å². The number of anilines is 2. The number of nitrogen functional groups attached to an aromatic ring is 1. The molecule has 0 saturated carbocycles. The zero-order valence-electron chi connectivity index (χ0n) is 23.4. The maximum atomic E-state index is 14.1. The average molecular weight is 594 g/mol. The molecule has 1 aliphatic heterocycles. The summed E-state index contributed by atoms with van der Waals surface area (Å²) in [6, 6.07) is 11.7. The van der Waals surface area contributed by atoms with Crippen LogP contribution in [0.2, 0.25) is 0 Å². The van der Waals surface area contributed by atoms with Crippen LogP contribution < -0.4 is 14.8 Å². The zero-order chi connectivity index (χ0) is 30.0. The standard InChI is InChI=1S/C31H30F3N5O2S/c1-18-13-26(38-9-6-10-42-38)28(41-31(33)34)15-22(18)11-20(3)29(40)24-16-37-39(30(24)35)27-17-36-23(12-19(27)2)14-21-7-4-5-8-25(21)32/h4-5,7-8,11-13,15-17,31H,6,9-10,14,35H2,1-3H3/b20-11+. The van der Waals surface area contributed by atoms with Crippen molar-refractivity contribution < 1.29 is 22.7 Å². The Labute approximate surface area is 246 Å². The van der Waals surface area contributed by atoms with Crippen LogP contribution in [0.3, 0.4) is 0 Å². The van der Waals surface area contributed by atoms with Crippen LogP contribution in [0.4, 0.5) is 24.7 Å². The van der Waals surface area contributed by atoms with E-state index in [-0.39, 0.29) is 28.7 Å². The molecule has 5 rings (SSSR count). The molecule has 1 aliphatic rings. The van der Waals surface area contributed by atoms with Crippen molar-refractivity contribution in [3.8, 4) is 11.4 Å². The van der Waals surface area contributed by atoms with Gasteiger partial charge in [-0.05, 0) is 97.3 Å². The number of allylic oxidation sites excluding steroid dienone is 1. The Kier molecular flexibility index (Phi) is 8.58. The van der Waals surface area contributed by atoms with Crippen LogP contribution in [0.5, 0.6) is 5.75 Å². The Balaban J connectivity index is 1.40. The lowest BCUT2D eigenvalue weighted by molar-refractivity contribution is -0.0494. The third kappa shape index (κ3) is 6.15. The van der Waals surface area contributed by atoms with E-state index in [2.05, 4.69) is 10.1 Å². The fraction of sp³-hybridized carbons (Fsp3) is 0.258. The van der Waals surface area contributed by atoms with Gasteiger partial charge < -0.3 is 14.8 Å². The summed E-state index contributed by atoms with van der Waals surface area (Å²) in [5.41, 5.74) is 11.5. The number of halogens is 3. The van der Waals surface area contributed by atoms with Crippen molar-refractivity contribution in [1.82, 2.24) is 14.8 Å². The molecule has 2 aromatic heterocycles. The topological polar surface area (TPSA) is 86.3 Å². The predicted molar refractivity (Wildman–Crippen MR) is 160 cm³/mol. The van der Waals surface area contributed by atoms with Crippen molar-refractivity contribution in [3.05, 3.63) is 99.8 Å². The lowest BCUT2D eigenvalue weighted by Crippen LogP contribution is -2.13. The monoisotopic (exact) mass is 593 g/mol. The fourth-order valence-electron chi connectivity index (χ4n) is 4.87. The number of pyridine rings is 1. The van der Waals surface area contributed by atoms with Gasteiger partial charge in [0.2, 0.25) is 0 Å². The molecule has 1 fully saturated rings. The second-order valence-corrected chi connectivity index (χ2v) is 11.2. The number of nitrogens with two attached hydrogens (primary N) is 1. The number of aryl methyl sites for hydroxylation is 2. The number of nitrogens with zero attached hydrogens (tertiary/aromatic N) is 4. The number of ketones is 1. The molecule has 4 aromatic rings. The van der Waals surface area contributed by atoms with Crippen LogP contribution in [0.25, 0.3) is 11.8 Å². The van der Waals surface area contributed by atoms with Gasteiger partial charge >= 0.3 is 6.61 Å². The number of Topliss-reactive ketones (excluding diaryl/α,β-unsaturated/α-hetero) is 1. The van der Waals surface area contributed by atoms with Crippen LogP contribution in [0.1, 0.15) is 51.7 Å². The lowest BCUT2D eigenvalue weighted by Gasteiger charge is -2.21. The molecule has 2 aromatic carbocycles. The minimum atomic E-state index is -2.98. The molecule has 2 N–H and O–H groups in total. The van der Waals surface area contributed by atoms with Gasteiger partial charge in [-0.25, -0.2) is 9.07 Å². The van der Waals surface area contributed by atoms with Crippen LogP contribution in [-0.2, 0) is 6.42 Å². The number of benzene rings is 2. The third-order valence-electron chi connectivity index (χ3n) is 7.06. The van der Waals surface area contributed by atoms with E-state index in [0.29, 0.717) is 40.2 Å². The molecule has 0 unspecified atom stereocenters. The smallest absolute Gasteiger partial charge is 0.387 e. The molecule has 1 saturated heterocycles. The second-order valence-electron chi connectivity index (χ2n) is 10.1. The number of hydrogen-bond acceptors (Lipinski definition) is 7. The van der Waals surface area contributed by atoms with Gasteiger partial charge in [-0.3, -0.25) is 9.78 Å². The van der Waals surface area contributed by atoms with E-state index in [1.54, 1.807) is 55.4 Å². The quantitative estimate of drug-likeness (QED) is 0.128. The number of rotatable bonds is 9. The molecule has 0 radical (unpaired) electrons. The van der Waals surface area contributed by atoms with E-state index in [1.807, 2.05) is 24.2 Å². The number of aromatic nitrogens is 3. The maximum absolute atomic E-state index is 14.1. The van der Waals surface area contributed by atoms with Gasteiger partial charge in [-0.2, -0.15) is 13.9 Å². The molecule has 3 heterocycles. The van der Waals surface area contributed by atoms with Gasteiger partial charge in [-0.1, -0.05) is 18.2 Å². The molecule has 11 heteroatoms. The van der Waals surface area contributed by atoms with Crippen molar-refractivity contribution in [2.24, 2.45) is 0 Å². The molecule has 0 amide bonds. The molecule has 218 valence electrons. The van der Waals surface area contributed by atoms with Crippen molar-refractivity contribution in [3.63, 3.8) is 0 Å². The van der Waals surface area contributed by atoms with E-state index in [1.165, 1.54) is 23.0 Å². The Bertz CT molecular complexity index is 1660. The summed E-state index contributed by atoms with van der Waals surface area (Å²) in [5, 5.41) is 4.34. The van der Waals surface area contributed by atoms with Crippen molar-refractivity contribution in [1.29, 1.82) is 0 Å². The molecule has 0 aliphatic carbocycles. The summed E-state index contributed by atoms with van der Waals surface area (Å²) in [5.74, 6) is 0.462. The van der Waals surface area contributed by atoms with E-state index in [4.69, 9.17) is 10.5 Å². The van der Waals surface area contributed by atoms with Crippen LogP contribution >= 0.6 is 11.9 Å². The molecule has 0 bridgehead atoms. The molecular weight excluding hydrogens is 563 g/mol. The average Bonchev–Trinajstić information content (AvgIpc) is 3.61. The van der Waals surface area contributed by atoms with Crippen molar-refractivity contribution in [2.75, 3.05) is 22.3 Å². The van der Waals surface area contributed by atoms with Gasteiger partial charge in [0.05, 0.1) is 29.3 Å². The van der Waals surface area contributed by atoms with Crippen LogP contribution in [0, 0.1) is 19.7 Å². The summed E-state index contributed by atoms with van der Waals surface area (Å²) in [7, 11) is 0. The van der Waals surface area contributed by atoms with E-state index >= 15 is 0 Å². The highest BCUT2D eigenvalue weighted by Gasteiger charge is 2.23. The minimum Gasteiger partial charge on any atom is -0.433 e. The van der Waals surface area contributed by atoms with Gasteiger partial charge in [0.1, 0.15) is 11.6 Å². The highest BCUT2D eigenvalue weighted by Crippen LogP contribution is 2.39. The number of alkyl halides is 2. The molecule has 7 nitrogen and oxygen atoms in total. The Morgan fingerprint density at radius 2 is 1.93 bits per heavy atom. The first-order chi connectivity index (χ1) is 20.1. The summed E-state index contributed by atoms with van der Waals surface area (Å²) in [6.45, 7) is 3.12. The summed E-state index contributed by atoms with van der Waals surface area (Å²) >= 11 is 1.57. The van der Waals surface area contributed by atoms with Crippen molar-refractivity contribution >= 4 is 35.3 Å². The number of carbonyl (C=O) groups excluding carboxylic acids is 1. The summed E-state index contributed by atoms with van der Waals surface area (Å²) < 4.78 is 48.8. The van der Waals surface area contributed by atoms with Gasteiger partial charge in [0, 0.05) is 24.4 Å². The number of carbonyl (C=O) groups is 1. The van der Waals surface area contributed by atoms with E-state index < -0.39 is 6.61 Å². The summed E-state index contributed by atoms with van der Waals surface area (Å²) in [4.78, 5) is 17.9. The number of ether oxygens (including phenoxy) is 1. The molecule has 0 spiro atoms. The number of hydrogen-bond donors (Lipinski definition) is 1. The van der Waals surface area contributed by atoms with E-state index in [0.717, 1.165) is 29.8 Å². The fourth-order valence-corrected chi connectivity index (χ4v) is 5.88. The third-order valence-corrected chi connectivity index (χ3v) is 8.23. The van der Waals surface area contributed by atoms with Crippen LogP contribution in [0.15, 0.2) is 60.4 Å². The first kappa shape index (κ1) is 29.2. The normalized spacial score (nSPS) is 13.7. The largest absolute Gasteiger partial charge is 0.433 e. The summed E-state index contributed by atoms with van der Waals surface area (Å²) in [6.07, 6.45) is 5.92. The maximum Gasteiger partial charge on any atom is 0.387 e. The first-order valence-electron chi connectivity index (χ1n) is 13.4. The zero-order valence-corrected chi connectivity index (χ0v) is 24.2. The Morgan fingerprint density at radius 3 is 2.62 bits per heavy atom. The van der Waals surface area contributed by atoms with Gasteiger partial charge in [-0.15, -0.1) is 0 Å². The molecule has 42 heavy (non-hydrogen) atoms. The van der Waals surface area contributed by atoms with Crippen molar-refractivity contribution in [2.45, 2.75) is 40.2 Å². The van der Waals surface area contributed by atoms with Gasteiger partial charge in [0.25, 0.3) is 0 Å². The molecule has 0 atom stereocenters. The minimum absolute atomic E-state index is 0.0604. The Hall–Kier alpha value is -4.25.